The van der Waals surface area contributed by atoms with Crippen molar-refractivity contribution < 1.29 is 23.3 Å². The number of thiophene rings is 1. The normalized spacial score (nSPS) is 12.3. The Hall–Kier alpha value is -4.27. The first-order valence-corrected chi connectivity index (χ1v) is 12.2. The Bertz CT molecular complexity index is 1610. The van der Waals surface area contributed by atoms with Gasteiger partial charge in [-0.05, 0) is 32.4 Å². The molecule has 3 N–H and O–H groups in total. The first kappa shape index (κ1) is 26.8. The van der Waals surface area contributed by atoms with Gasteiger partial charge in [-0.2, -0.15) is 10.2 Å². The second-order valence-corrected chi connectivity index (χ2v) is 9.90. The number of halogens is 2. The summed E-state index contributed by atoms with van der Waals surface area (Å²) in [4.78, 5) is 40.5. The Morgan fingerprint density at radius 3 is 2.42 bits per heavy atom. The van der Waals surface area contributed by atoms with Crippen LogP contribution in [-0.2, 0) is 18.4 Å². The molecule has 1 unspecified atom stereocenters. The van der Waals surface area contributed by atoms with Gasteiger partial charge in [0, 0.05) is 24.2 Å². The summed E-state index contributed by atoms with van der Waals surface area (Å²) in [6.07, 6.45) is -1.23. The van der Waals surface area contributed by atoms with Crippen LogP contribution >= 0.6 is 11.3 Å². The maximum atomic E-state index is 13.7. The smallest absolute Gasteiger partial charge is 0.312 e. The summed E-state index contributed by atoms with van der Waals surface area (Å²) in [5.74, 6) is -2.15. The van der Waals surface area contributed by atoms with Crippen molar-refractivity contribution >= 4 is 44.7 Å². The van der Waals surface area contributed by atoms with Crippen LogP contribution < -0.4 is 11.1 Å². The third-order valence-electron chi connectivity index (χ3n) is 6.10. The summed E-state index contributed by atoms with van der Waals surface area (Å²) in [5, 5.41) is 22.8. The number of nitro groups is 1. The lowest BCUT2D eigenvalue weighted by Gasteiger charge is -2.15. The van der Waals surface area contributed by atoms with E-state index >= 15 is 0 Å². The Morgan fingerprint density at radius 2 is 1.89 bits per heavy atom. The van der Waals surface area contributed by atoms with E-state index in [0.29, 0.717) is 22.5 Å². The molecule has 4 aromatic heterocycles. The molecule has 0 aliphatic heterocycles. The van der Waals surface area contributed by atoms with Crippen molar-refractivity contribution in [2.45, 2.75) is 40.7 Å². The average molecular weight is 547 g/mol. The molecule has 0 aliphatic rings. The van der Waals surface area contributed by atoms with Gasteiger partial charge in [-0.25, -0.2) is 13.8 Å². The predicted molar refractivity (Wildman–Crippen MR) is 136 cm³/mol. The summed E-state index contributed by atoms with van der Waals surface area (Å²) in [6.45, 7) is 6.36. The second-order valence-electron chi connectivity index (χ2n) is 8.90. The second kappa shape index (κ2) is 9.89. The molecule has 15 heteroatoms. The molecule has 0 aromatic carbocycles. The van der Waals surface area contributed by atoms with E-state index in [1.54, 1.807) is 27.1 Å². The predicted octanol–water partition coefficient (Wildman–Crippen LogP) is 4.04. The summed E-state index contributed by atoms with van der Waals surface area (Å²) in [7, 11) is 1.68. The number of nitrogens with zero attached hydrogens (tertiary/aromatic N) is 6. The van der Waals surface area contributed by atoms with Crippen LogP contribution in [0, 0.1) is 36.8 Å². The number of rotatable bonds is 8. The third kappa shape index (κ3) is 4.71. The van der Waals surface area contributed by atoms with Gasteiger partial charge in [0.1, 0.15) is 26.8 Å². The highest BCUT2D eigenvalue weighted by molar-refractivity contribution is 7.21. The number of carbonyl (C=O) groups is 2. The number of anilines is 1. The van der Waals surface area contributed by atoms with Gasteiger partial charge in [0.05, 0.1) is 28.8 Å². The molecule has 0 saturated carbocycles. The average Bonchev–Trinajstić information content (AvgIpc) is 3.45. The van der Waals surface area contributed by atoms with Crippen LogP contribution in [-0.4, -0.2) is 41.3 Å². The van der Waals surface area contributed by atoms with Crippen LogP contribution in [0.2, 0.25) is 0 Å². The maximum Gasteiger partial charge on any atom is 0.312 e. The summed E-state index contributed by atoms with van der Waals surface area (Å²) < 4.78 is 30.3. The van der Waals surface area contributed by atoms with Gasteiger partial charge in [0.25, 0.3) is 12.3 Å². The van der Waals surface area contributed by atoms with Gasteiger partial charge in [0.2, 0.25) is 5.91 Å². The molecule has 38 heavy (non-hydrogen) atoms. The molecule has 0 bridgehead atoms. The quantitative estimate of drug-likeness (QED) is 0.249. The Morgan fingerprint density at radius 1 is 1.21 bits per heavy atom. The van der Waals surface area contributed by atoms with Gasteiger partial charge >= 0.3 is 5.69 Å². The molecule has 4 aromatic rings. The number of carbonyl (C=O) groups excluding carboxylic acids is 2. The van der Waals surface area contributed by atoms with E-state index in [2.05, 4.69) is 20.5 Å². The van der Waals surface area contributed by atoms with Crippen molar-refractivity contribution in [1.29, 1.82) is 0 Å². The first-order chi connectivity index (χ1) is 17.8. The molecule has 0 fully saturated rings. The molecule has 0 aliphatic carbocycles. The monoisotopic (exact) mass is 546 g/mol. The Kier molecular flexibility index (Phi) is 6.97. The molecular weight excluding hydrogens is 522 g/mol. The van der Waals surface area contributed by atoms with Gasteiger partial charge < -0.3 is 11.1 Å². The number of hydrogen-bond acceptors (Lipinski definition) is 8. The minimum absolute atomic E-state index is 0.0165. The van der Waals surface area contributed by atoms with E-state index < -0.39 is 34.8 Å². The van der Waals surface area contributed by atoms with Crippen molar-refractivity contribution in [1.82, 2.24) is 24.5 Å². The lowest BCUT2D eigenvalue weighted by Crippen LogP contribution is -2.26. The molecule has 0 spiro atoms. The van der Waals surface area contributed by atoms with Gasteiger partial charge in [0.15, 0.2) is 0 Å². The van der Waals surface area contributed by atoms with E-state index in [9.17, 15) is 28.5 Å². The fraction of sp³-hybridized carbons (Fsp3) is 0.348. The number of primary amides is 1. The molecule has 0 saturated heterocycles. The Balaban J connectivity index is 1.80. The van der Waals surface area contributed by atoms with E-state index in [1.807, 2.05) is 0 Å². The highest BCUT2D eigenvalue weighted by Crippen LogP contribution is 2.43. The van der Waals surface area contributed by atoms with E-state index in [4.69, 9.17) is 5.73 Å². The van der Waals surface area contributed by atoms with E-state index in [-0.39, 0.29) is 38.7 Å². The van der Waals surface area contributed by atoms with Crippen LogP contribution in [0.1, 0.15) is 45.8 Å². The number of fused-ring (bicyclic) bond motifs is 1. The minimum atomic E-state index is -2.88. The van der Waals surface area contributed by atoms with Crippen LogP contribution in [0.4, 0.5) is 20.2 Å². The zero-order chi connectivity index (χ0) is 28.0. The van der Waals surface area contributed by atoms with Crippen LogP contribution in [0.25, 0.3) is 21.3 Å². The number of pyridine rings is 1. The van der Waals surface area contributed by atoms with Gasteiger partial charge in [-0.1, -0.05) is 6.92 Å². The van der Waals surface area contributed by atoms with Crippen molar-refractivity contribution in [2.75, 3.05) is 5.32 Å². The number of nitrogens with one attached hydrogen (secondary N) is 1. The number of nitrogens with two attached hydrogens (primary N) is 1. The number of alkyl halides is 2. The first-order valence-electron chi connectivity index (χ1n) is 11.3. The van der Waals surface area contributed by atoms with Crippen molar-refractivity contribution in [3.05, 3.63) is 50.0 Å². The fourth-order valence-electron chi connectivity index (χ4n) is 4.32. The largest absolute Gasteiger partial charge is 0.365 e. The highest BCUT2D eigenvalue weighted by Gasteiger charge is 2.28. The van der Waals surface area contributed by atoms with Crippen LogP contribution in [0.15, 0.2) is 12.3 Å². The van der Waals surface area contributed by atoms with E-state index in [1.165, 1.54) is 29.3 Å². The van der Waals surface area contributed by atoms with Gasteiger partial charge in [-0.15, -0.1) is 11.3 Å². The molecule has 4 rings (SSSR count). The third-order valence-corrected chi connectivity index (χ3v) is 7.20. The Labute approximate surface area is 218 Å². The molecule has 1 atom stereocenters. The van der Waals surface area contributed by atoms with Gasteiger partial charge in [-0.3, -0.25) is 29.1 Å². The number of amides is 2. The number of hydrogen-bond donors (Lipinski definition) is 2. The number of aryl methyl sites for hydroxylation is 3. The topological polar surface area (TPSA) is 164 Å². The summed E-state index contributed by atoms with van der Waals surface area (Å²) in [6, 6.07) is 1.21. The molecular formula is C23H24F2N8O4S. The summed E-state index contributed by atoms with van der Waals surface area (Å²) in [5.41, 5.74) is 6.92. The lowest BCUT2D eigenvalue weighted by molar-refractivity contribution is -0.386. The van der Waals surface area contributed by atoms with Crippen LogP contribution in [0.5, 0.6) is 0 Å². The zero-order valence-corrected chi connectivity index (χ0v) is 21.9. The number of aromatic nitrogens is 5. The van der Waals surface area contributed by atoms with Crippen molar-refractivity contribution in [2.24, 2.45) is 18.7 Å². The molecule has 0 radical (unpaired) electrons. The lowest BCUT2D eigenvalue weighted by atomic mass is 10.0. The van der Waals surface area contributed by atoms with Crippen molar-refractivity contribution in [3.63, 3.8) is 0 Å². The maximum absolute atomic E-state index is 13.7. The van der Waals surface area contributed by atoms with Crippen LogP contribution in [0.3, 0.4) is 0 Å². The zero-order valence-electron chi connectivity index (χ0n) is 21.1. The molecule has 2 amide bonds. The highest BCUT2D eigenvalue weighted by atomic mass is 32.1. The minimum Gasteiger partial charge on any atom is -0.365 e. The molecule has 200 valence electrons. The fourth-order valence-corrected chi connectivity index (χ4v) is 5.33. The molecule has 12 nitrogen and oxygen atoms in total. The summed E-state index contributed by atoms with van der Waals surface area (Å²) >= 11 is 0.800. The standard InChI is InChI=1S/C23H24F2N8O4S/c1-9(7-32-12(4)18(33(36)37)11(3)30-32)22(35)28-17-16-13(14-8-31(5)29-10(14)2)6-15(20(24)25)27-23(16)38-19(17)21(26)34/h6,8-9,20H,7H2,1-5H3,(H2,26,34)(H,28,35). The SMILES string of the molecule is Cc1nn(C)cc1-c1cc(C(F)F)nc2sc(C(N)=O)c(NC(=O)C(C)Cn3nc(C)c([N+](=O)[O-])c3C)c12. The molecule has 4 heterocycles. The van der Waals surface area contributed by atoms with Crippen molar-refractivity contribution in [3.8, 4) is 11.1 Å². The van der Waals surface area contributed by atoms with E-state index in [0.717, 1.165) is 11.3 Å².